The van der Waals surface area contributed by atoms with E-state index in [1.807, 2.05) is 18.3 Å². The Morgan fingerprint density at radius 2 is 2.07 bits per heavy atom. The molecule has 0 aromatic carbocycles. The fourth-order valence-electron chi connectivity index (χ4n) is 4.81. The van der Waals surface area contributed by atoms with Crippen molar-refractivity contribution in [3.8, 4) is 0 Å². The van der Waals surface area contributed by atoms with Gasteiger partial charge in [0, 0.05) is 44.3 Å². The summed E-state index contributed by atoms with van der Waals surface area (Å²) in [5, 5.41) is 0. The maximum atomic E-state index is 13.1. The number of carbonyl (C=O) groups is 1. The minimum Gasteiger partial charge on any atom is -0.376 e. The van der Waals surface area contributed by atoms with Crippen LogP contribution in [0.4, 0.5) is 0 Å². The van der Waals surface area contributed by atoms with Crippen molar-refractivity contribution in [3.63, 3.8) is 0 Å². The summed E-state index contributed by atoms with van der Waals surface area (Å²) >= 11 is 0. The van der Waals surface area contributed by atoms with Gasteiger partial charge in [-0.05, 0) is 58.1 Å². The van der Waals surface area contributed by atoms with E-state index in [1.54, 1.807) is 0 Å². The largest absolute Gasteiger partial charge is 0.376 e. The fourth-order valence-corrected chi connectivity index (χ4v) is 4.81. The summed E-state index contributed by atoms with van der Waals surface area (Å²) in [6, 6.07) is 4.37. The molecule has 1 atom stereocenters. The molecule has 2 fully saturated rings. The van der Waals surface area contributed by atoms with Crippen molar-refractivity contribution in [3.05, 3.63) is 24.2 Å². The van der Waals surface area contributed by atoms with Crippen LogP contribution in [0.1, 0.15) is 64.7 Å². The zero-order valence-corrected chi connectivity index (χ0v) is 17.4. The lowest BCUT2D eigenvalue weighted by Gasteiger charge is -2.39. The minimum atomic E-state index is -0.187. The molecule has 6 nitrogen and oxygen atoms in total. The van der Waals surface area contributed by atoms with Crippen LogP contribution in [0.15, 0.2) is 18.3 Å². The molecule has 2 aliphatic rings. The molecule has 1 unspecified atom stereocenters. The normalized spacial score (nSPS) is 23.2. The van der Waals surface area contributed by atoms with Gasteiger partial charge in [-0.15, -0.1) is 0 Å². The maximum Gasteiger partial charge on any atom is 0.225 e. The SMILES string of the molecule is CCCc1nc2cccnc2n1C1CCN(C(=O)C2CCOC(C)(C)C2)CC1. The number of piperidine rings is 1. The predicted molar refractivity (Wildman–Crippen MR) is 109 cm³/mol. The number of pyridine rings is 1. The number of fused-ring (bicyclic) bond motifs is 1. The first-order valence-electron chi connectivity index (χ1n) is 10.7. The van der Waals surface area contributed by atoms with Gasteiger partial charge in [0.05, 0.1) is 5.60 Å². The van der Waals surface area contributed by atoms with Gasteiger partial charge in [0.2, 0.25) is 5.91 Å². The van der Waals surface area contributed by atoms with Crippen LogP contribution in [-0.2, 0) is 16.0 Å². The lowest BCUT2D eigenvalue weighted by Crippen LogP contribution is -2.46. The van der Waals surface area contributed by atoms with E-state index in [2.05, 4.69) is 35.2 Å². The highest BCUT2D eigenvalue weighted by molar-refractivity contribution is 5.79. The van der Waals surface area contributed by atoms with Crippen molar-refractivity contribution in [1.29, 1.82) is 0 Å². The van der Waals surface area contributed by atoms with Gasteiger partial charge in [0.1, 0.15) is 11.3 Å². The van der Waals surface area contributed by atoms with Gasteiger partial charge in [0.15, 0.2) is 5.65 Å². The van der Waals surface area contributed by atoms with E-state index >= 15 is 0 Å². The first-order chi connectivity index (χ1) is 13.5. The molecule has 2 aromatic heterocycles. The Morgan fingerprint density at radius 3 is 2.79 bits per heavy atom. The van der Waals surface area contributed by atoms with Gasteiger partial charge in [-0.25, -0.2) is 9.97 Å². The van der Waals surface area contributed by atoms with E-state index in [1.165, 1.54) is 0 Å². The summed E-state index contributed by atoms with van der Waals surface area (Å²) < 4.78 is 8.13. The Hall–Kier alpha value is -1.95. The summed E-state index contributed by atoms with van der Waals surface area (Å²) in [7, 11) is 0. The van der Waals surface area contributed by atoms with E-state index in [9.17, 15) is 4.79 Å². The molecule has 2 aromatic rings. The first-order valence-corrected chi connectivity index (χ1v) is 10.7. The van der Waals surface area contributed by atoms with Gasteiger partial charge in [-0.2, -0.15) is 0 Å². The van der Waals surface area contributed by atoms with Crippen LogP contribution in [0, 0.1) is 5.92 Å². The van der Waals surface area contributed by atoms with Gasteiger partial charge >= 0.3 is 0 Å². The molecule has 152 valence electrons. The van der Waals surface area contributed by atoms with E-state index in [0.29, 0.717) is 18.6 Å². The van der Waals surface area contributed by atoms with Crippen molar-refractivity contribution >= 4 is 17.1 Å². The van der Waals surface area contributed by atoms with Crippen molar-refractivity contribution in [1.82, 2.24) is 19.4 Å². The van der Waals surface area contributed by atoms with Crippen LogP contribution < -0.4 is 0 Å². The zero-order valence-electron chi connectivity index (χ0n) is 17.4. The Labute approximate surface area is 167 Å². The molecule has 6 heteroatoms. The molecule has 28 heavy (non-hydrogen) atoms. The molecule has 0 saturated carbocycles. The molecule has 0 spiro atoms. The van der Waals surface area contributed by atoms with E-state index in [4.69, 9.17) is 9.72 Å². The number of ether oxygens (including phenoxy) is 1. The maximum absolute atomic E-state index is 13.1. The number of carbonyl (C=O) groups excluding carboxylic acids is 1. The topological polar surface area (TPSA) is 60.2 Å². The molecule has 0 radical (unpaired) electrons. The van der Waals surface area contributed by atoms with Gasteiger partial charge in [-0.3, -0.25) is 4.79 Å². The van der Waals surface area contributed by atoms with Crippen LogP contribution >= 0.6 is 0 Å². The van der Waals surface area contributed by atoms with Crippen LogP contribution in [0.25, 0.3) is 11.2 Å². The standard InChI is InChI=1S/C22H32N4O2/c1-4-6-19-24-18-7-5-11-23-20(18)26(19)17-8-12-25(13-9-17)21(27)16-10-14-28-22(2,3)15-16/h5,7,11,16-17H,4,6,8-10,12-15H2,1-3H3. The summed E-state index contributed by atoms with van der Waals surface area (Å²) in [5.41, 5.74) is 1.78. The number of nitrogens with zero attached hydrogens (tertiary/aromatic N) is 4. The third-order valence-corrected chi connectivity index (χ3v) is 6.18. The summed E-state index contributed by atoms with van der Waals surface area (Å²) in [5.74, 6) is 1.55. The van der Waals surface area contributed by atoms with E-state index < -0.39 is 0 Å². The second-order valence-electron chi connectivity index (χ2n) is 8.85. The van der Waals surface area contributed by atoms with Crippen LogP contribution in [0.2, 0.25) is 0 Å². The first kappa shape index (κ1) is 19.4. The lowest BCUT2D eigenvalue weighted by atomic mass is 9.87. The van der Waals surface area contributed by atoms with Gasteiger partial charge < -0.3 is 14.2 Å². The Morgan fingerprint density at radius 1 is 1.29 bits per heavy atom. The highest BCUT2D eigenvalue weighted by Crippen LogP contribution is 2.33. The predicted octanol–water partition coefficient (Wildman–Crippen LogP) is 3.75. The van der Waals surface area contributed by atoms with Crippen molar-refractivity contribution in [2.75, 3.05) is 19.7 Å². The van der Waals surface area contributed by atoms with Crippen LogP contribution in [0.5, 0.6) is 0 Å². The average molecular weight is 385 g/mol. The molecule has 2 aliphatic heterocycles. The molecule has 4 rings (SSSR count). The van der Waals surface area contributed by atoms with Gasteiger partial charge in [0.25, 0.3) is 0 Å². The van der Waals surface area contributed by atoms with E-state index in [0.717, 1.165) is 68.6 Å². The highest BCUT2D eigenvalue weighted by Gasteiger charge is 2.36. The fraction of sp³-hybridized carbons (Fsp3) is 0.682. The number of aromatic nitrogens is 3. The molecular formula is C22H32N4O2. The Kier molecular flexibility index (Phi) is 5.41. The molecule has 0 aliphatic carbocycles. The van der Waals surface area contributed by atoms with Crippen molar-refractivity contribution in [2.24, 2.45) is 5.92 Å². The lowest BCUT2D eigenvalue weighted by molar-refractivity contribution is -0.146. The van der Waals surface area contributed by atoms with Gasteiger partial charge in [-0.1, -0.05) is 6.92 Å². The smallest absolute Gasteiger partial charge is 0.225 e. The number of hydrogen-bond acceptors (Lipinski definition) is 4. The molecule has 4 heterocycles. The number of aryl methyl sites for hydroxylation is 1. The Balaban J connectivity index is 1.47. The average Bonchev–Trinajstić information content (AvgIpc) is 3.05. The molecule has 2 saturated heterocycles. The third-order valence-electron chi connectivity index (χ3n) is 6.18. The zero-order chi connectivity index (χ0) is 19.7. The van der Waals surface area contributed by atoms with E-state index in [-0.39, 0.29) is 11.5 Å². The minimum absolute atomic E-state index is 0.103. The number of imidazole rings is 1. The highest BCUT2D eigenvalue weighted by atomic mass is 16.5. The van der Waals surface area contributed by atoms with Crippen molar-refractivity contribution in [2.45, 2.75) is 70.9 Å². The van der Waals surface area contributed by atoms with Crippen LogP contribution in [-0.4, -0.2) is 50.6 Å². The quantitative estimate of drug-likeness (QED) is 0.805. The summed E-state index contributed by atoms with van der Waals surface area (Å²) in [4.78, 5) is 24.6. The number of amides is 1. The number of hydrogen-bond donors (Lipinski definition) is 0. The molecule has 1 amide bonds. The summed E-state index contributed by atoms with van der Waals surface area (Å²) in [6.45, 7) is 8.69. The molecule has 0 bridgehead atoms. The van der Waals surface area contributed by atoms with Crippen molar-refractivity contribution < 1.29 is 9.53 Å². The second kappa shape index (κ2) is 7.82. The summed E-state index contributed by atoms with van der Waals surface area (Å²) in [6.07, 6.45) is 7.49. The number of rotatable bonds is 4. The van der Waals surface area contributed by atoms with Crippen LogP contribution in [0.3, 0.4) is 0 Å². The number of likely N-dealkylation sites (tertiary alicyclic amines) is 1. The molecule has 0 N–H and O–H groups in total. The monoisotopic (exact) mass is 384 g/mol. The third kappa shape index (κ3) is 3.79. The molecular weight excluding hydrogens is 352 g/mol. The Bertz CT molecular complexity index is 836. The second-order valence-corrected chi connectivity index (χ2v) is 8.85.